The van der Waals surface area contributed by atoms with Gasteiger partial charge >= 0.3 is 0 Å². The molecule has 1 aromatic carbocycles. The maximum Gasteiger partial charge on any atom is 0.256 e. The molecule has 0 aliphatic heterocycles. The van der Waals surface area contributed by atoms with Crippen molar-refractivity contribution in [3.8, 4) is 0 Å². The van der Waals surface area contributed by atoms with Crippen LogP contribution in [0.15, 0.2) is 41.0 Å². The van der Waals surface area contributed by atoms with Gasteiger partial charge in [-0.05, 0) is 29.8 Å². The highest BCUT2D eigenvalue weighted by atomic mass is 35.5. The van der Waals surface area contributed by atoms with Gasteiger partial charge in [-0.2, -0.15) is 0 Å². The Labute approximate surface area is 113 Å². The molecule has 1 amide bonds. The molecule has 2 heterocycles. The third kappa shape index (κ3) is 2.32. The third-order valence-corrected chi connectivity index (χ3v) is 3.01. The number of fused-ring (bicyclic) bond motifs is 1. The van der Waals surface area contributed by atoms with Gasteiger partial charge in [0.1, 0.15) is 5.82 Å². The highest BCUT2D eigenvalue weighted by Crippen LogP contribution is 2.16. The molecule has 0 fully saturated rings. The summed E-state index contributed by atoms with van der Waals surface area (Å²) in [7, 11) is 0. The van der Waals surface area contributed by atoms with E-state index in [1.807, 2.05) is 24.3 Å². The number of rotatable bonds is 3. The van der Waals surface area contributed by atoms with E-state index in [1.165, 1.54) is 12.3 Å². The lowest BCUT2D eigenvalue weighted by atomic mass is 10.3. The van der Waals surface area contributed by atoms with Gasteiger partial charge in [0, 0.05) is 0 Å². The second kappa shape index (κ2) is 4.78. The molecule has 2 aromatic heterocycles. The SMILES string of the molecule is O=C(NCc1nc2ccccc2[nH]1)c1ccoc1Cl. The van der Waals surface area contributed by atoms with Crippen molar-refractivity contribution in [2.24, 2.45) is 0 Å². The largest absolute Gasteiger partial charge is 0.452 e. The molecule has 3 rings (SSSR count). The van der Waals surface area contributed by atoms with Gasteiger partial charge in [-0.3, -0.25) is 4.79 Å². The Kier molecular flexibility index (Phi) is 2.97. The first-order chi connectivity index (χ1) is 9.24. The van der Waals surface area contributed by atoms with Crippen molar-refractivity contribution in [3.63, 3.8) is 0 Å². The summed E-state index contributed by atoms with van der Waals surface area (Å²) in [6.07, 6.45) is 1.37. The zero-order chi connectivity index (χ0) is 13.2. The van der Waals surface area contributed by atoms with Crippen LogP contribution >= 0.6 is 11.6 Å². The average molecular weight is 276 g/mol. The van der Waals surface area contributed by atoms with Gasteiger partial charge in [0.15, 0.2) is 0 Å². The minimum Gasteiger partial charge on any atom is -0.452 e. The maximum atomic E-state index is 11.8. The lowest BCUT2D eigenvalue weighted by Gasteiger charge is -2.00. The van der Waals surface area contributed by atoms with Crippen molar-refractivity contribution < 1.29 is 9.21 Å². The van der Waals surface area contributed by atoms with Crippen LogP contribution in [0.1, 0.15) is 16.2 Å². The smallest absolute Gasteiger partial charge is 0.256 e. The summed E-state index contributed by atoms with van der Waals surface area (Å²) in [6, 6.07) is 9.20. The molecule has 0 spiro atoms. The average Bonchev–Trinajstić information content (AvgIpc) is 3.01. The molecule has 3 aromatic rings. The maximum absolute atomic E-state index is 11.8. The van der Waals surface area contributed by atoms with E-state index in [0.29, 0.717) is 17.9 Å². The van der Waals surface area contributed by atoms with E-state index >= 15 is 0 Å². The Morgan fingerprint density at radius 1 is 1.37 bits per heavy atom. The Morgan fingerprint density at radius 3 is 2.95 bits per heavy atom. The van der Waals surface area contributed by atoms with Crippen LogP contribution in [0.25, 0.3) is 11.0 Å². The summed E-state index contributed by atoms with van der Waals surface area (Å²) in [5, 5.41) is 2.81. The number of carbonyl (C=O) groups is 1. The van der Waals surface area contributed by atoms with Crippen LogP contribution in [0.2, 0.25) is 5.22 Å². The number of nitrogens with one attached hydrogen (secondary N) is 2. The summed E-state index contributed by atoms with van der Waals surface area (Å²) in [5.41, 5.74) is 2.12. The number of amides is 1. The predicted octanol–water partition coefficient (Wildman–Crippen LogP) is 2.74. The Hall–Kier alpha value is -2.27. The molecule has 0 saturated heterocycles. The Balaban J connectivity index is 1.72. The molecular formula is C13H10ClN3O2. The summed E-state index contributed by atoms with van der Waals surface area (Å²) in [4.78, 5) is 19.3. The molecule has 0 radical (unpaired) electrons. The number of hydrogen-bond donors (Lipinski definition) is 2. The molecule has 6 heteroatoms. The highest BCUT2D eigenvalue weighted by molar-refractivity contribution is 6.32. The second-order valence-corrected chi connectivity index (χ2v) is 4.33. The van der Waals surface area contributed by atoms with Crippen LogP contribution in [0.4, 0.5) is 0 Å². The van der Waals surface area contributed by atoms with Crippen molar-refractivity contribution in [2.75, 3.05) is 0 Å². The highest BCUT2D eigenvalue weighted by Gasteiger charge is 2.13. The van der Waals surface area contributed by atoms with E-state index in [2.05, 4.69) is 15.3 Å². The first-order valence-corrected chi connectivity index (χ1v) is 6.06. The van der Waals surface area contributed by atoms with E-state index in [0.717, 1.165) is 11.0 Å². The van der Waals surface area contributed by atoms with Gasteiger partial charge in [-0.1, -0.05) is 12.1 Å². The number of benzene rings is 1. The molecule has 5 nitrogen and oxygen atoms in total. The normalized spacial score (nSPS) is 10.8. The summed E-state index contributed by atoms with van der Waals surface area (Å²) in [5.74, 6) is 0.397. The van der Waals surface area contributed by atoms with Gasteiger partial charge in [0.05, 0.1) is 29.4 Å². The van der Waals surface area contributed by atoms with E-state index in [9.17, 15) is 4.79 Å². The van der Waals surface area contributed by atoms with Crippen LogP contribution < -0.4 is 5.32 Å². The topological polar surface area (TPSA) is 70.9 Å². The summed E-state index contributed by atoms with van der Waals surface area (Å²) < 4.78 is 4.87. The number of para-hydroxylation sites is 2. The van der Waals surface area contributed by atoms with Crippen LogP contribution in [0.3, 0.4) is 0 Å². The minimum absolute atomic E-state index is 0.0853. The van der Waals surface area contributed by atoms with Crippen molar-refractivity contribution in [1.29, 1.82) is 0 Å². The first-order valence-electron chi connectivity index (χ1n) is 5.69. The van der Waals surface area contributed by atoms with Crippen LogP contribution in [-0.4, -0.2) is 15.9 Å². The molecule has 2 N–H and O–H groups in total. The van der Waals surface area contributed by atoms with Gasteiger partial charge in [0.25, 0.3) is 5.91 Å². The fraction of sp³-hybridized carbons (Fsp3) is 0.0769. The van der Waals surface area contributed by atoms with Gasteiger partial charge in [0.2, 0.25) is 5.22 Å². The van der Waals surface area contributed by atoms with Gasteiger partial charge < -0.3 is 14.7 Å². The molecule has 19 heavy (non-hydrogen) atoms. The number of imidazole rings is 1. The number of H-pyrrole nitrogens is 1. The molecule has 0 saturated carbocycles. The van der Waals surface area contributed by atoms with Gasteiger partial charge in [-0.15, -0.1) is 0 Å². The predicted molar refractivity (Wildman–Crippen MR) is 71.0 cm³/mol. The van der Waals surface area contributed by atoms with Crippen molar-refractivity contribution in [3.05, 3.63) is 53.2 Å². The molecule has 0 atom stereocenters. The molecule has 96 valence electrons. The number of halogens is 1. The second-order valence-electron chi connectivity index (χ2n) is 3.99. The zero-order valence-electron chi connectivity index (χ0n) is 9.81. The van der Waals surface area contributed by atoms with E-state index < -0.39 is 0 Å². The fourth-order valence-corrected chi connectivity index (χ4v) is 2.00. The van der Waals surface area contributed by atoms with Gasteiger partial charge in [-0.25, -0.2) is 4.98 Å². The monoisotopic (exact) mass is 275 g/mol. The number of hydrogen-bond acceptors (Lipinski definition) is 3. The standard InChI is InChI=1S/C13H10ClN3O2/c14-12-8(5-6-19-12)13(18)15-7-11-16-9-3-1-2-4-10(9)17-11/h1-6H,7H2,(H,15,18)(H,16,17). The summed E-state index contributed by atoms with van der Waals surface area (Å²) in [6.45, 7) is 0.301. The number of nitrogens with zero attached hydrogens (tertiary/aromatic N) is 1. The number of aromatic nitrogens is 2. The van der Waals surface area contributed by atoms with E-state index in [4.69, 9.17) is 16.0 Å². The van der Waals surface area contributed by atoms with Crippen molar-refractivity contribution in [1.82, 2.24) is 15.3 Å². The zero-order valence-corrected chi connectivity index (χ0v) is 10.6. The molecule has 0 bridgehead atoms. The number of furan rings is 1. The minimum atomic E-state index is -0.292. The molecule has 0 aliphatic rings. The van der Waals surface area contributed by atoms with Crippen LogP contribution in [0, 0.1) is 0 Å². The lowest BCUT2D eigenvalue weighted by molar-refractivity contribution is 0.0949. The fourth-order valence-electron chi connectivity index (χ4n) is 1.80. The van der Waals surface area contributed by atoms with E-state index in [1.54, 1.807) is 0 Å². The van der Waals surface area contributed by atoms with E-state index in [-0.39, 0.29) is 11.1 Å². The molecule has 0 unspecified atom stereocenters. The van der Waals surface area contributed by atoms with Crippen molar-refractivity contribution in [2.45, 2.75) is 6.54 Å². The first kappa shape index (κ1) is 11.8. The van der Waals surface area contributed by atoms with Crippen LogP contribution in [-0.2, 0) is 6.54 Å². The number of carbonyl (C=O) groups excluding carboxylic acids is 1. The van der Waals surface area contributed by atoms with Crippen molar-refractivity contribution >= 4 is 28.5 Å². The lowest BCUT2D eigenvalue weighted by Crippen LogP contribution is -2.23. The number of aromatic amines is 1. The molecule has 0 aliphatic carbocycles. The Morgan fingerprint density at radius 2 is 2.21 bits per heavy atom. The molecular weight excluding hydrogens is 266 g/mol. The quantitative estimate of drug-likeness (QED) is 0.772. The third-order valence-electron chi connectivity index (χ3n) is 2.72. The Bertz CT molecular complexity index is 699. The summed E-state index contributed by atoms with van der Waals surface area (Å²) >= 11 is 5.73. The van der Waals surface area contributed by atoms with Crippen LogP contribution in [0.5, 0.6) is 0 Å².